The van der Waals surface area contributed by atoms with E-state index in [9.17, 15) is 0 Å². The molecule has 0 fully saturated rings. The van der Waals surface area contributed by atoms with E-state index in [2.05, 4.69) is 10.0 Å². The van der Waals surface area contributed by atoms with Crippen LogP contribution in [0.25, 0.3) is 10.4 Å². The number of azide groups is 1. The third kappa shape index (κ3) is 7.01. The Labute approximate surface area is 63.9 Å². The second-order valence-corrected chi connectivity index (χ2v) is 2.16. The third-order valence-corrected chi connectivity index (χ3v) is 1.26. The fraction of sp³-hybridized carbons (Fsp3) is 0.333. The molecule has 1 aromatic rings. The van der Waals surface area contributed by atoms with Crippen molar-refractivity contribution in [2.75, 3.05) is 6.54 Å². The van der Waals surface area contributed by atoms with E-state index in [0.29, 0.717) is 6.54 Å². The Morgan fingerprint density at radius 1 is 1.50 bits per heavy atom. The Hall–Kier alpha value is -0.990. The topological polar surface area (TPSA) is 48.8 Å². The molecule has 0 atom stereocenters. The number of hydrogen-bond donors (Lipinski definition) is 0. The van der Waals surface area contributed by atoms with Gasteiger partial charge in [0, 0.05) is 11.5 Å². The fourth-order valence-corrected chi connectivity index (χ4v) is 0.744. The summed E-state index contributed by atoms with van der Waals surface area (Å²) in [6, 6.07) is 4.04. The van der Waals surface area contributed by atoms with Crippen molar-refractivity contribution >= 4 is 11.3 Å². The number of nitrogens with zero attached hydrogens (tertiary/aromatic N) is 3. The van der Waals surface area contributed by atoms with Crippen LogP contribution in [0, 0.1) is 0 Å². The van der Waals surface area contributed by atoms with Crippen molar-refractivity contribution in [2.24, 2.45) is 5.11 Å². The molecule has 0 aliphatic heterocycles. The van der Waals surface area contributed by atoms with Crippen LogP contribution in [0.1, 0.15) is 6.92 Å². The first-order valence-electron chi connectivity index (χ1n) is 2.89. The van der Waals surface area contributed by atoms with Crippen LogP contribution in [-0.2, 0) is 0 Å². The number of thiophene rings is 1. The molecule has 0 aliphatic rings. The van der Waals surface area contributed by atoms with E-state index >= 15 is 0 Å². The molecule has 0 saturated carbocycles. The predicted octanol–water partition coefficient (Wildman–Crippen LogP) is 3.06. The maximum Gasteiger partial charge on any atom is 0.0229 e. The Morgan fingerprint density at radius 2 is 2.10 bits per heavy atom. The summed E-state index contributed by atoms with van der Waals surface area (Å²) in [5, 5.41) is 7.24. The molecule has 0 spiro atoms. The molecule has 10 heavy (non-hydrogen) atoms. The van der Waals surface area contributed by atoms with E-state index in [4.69, 9.17) is 5.53 Å². The Morgan fingerprint density at radius 3 is 2.20 bits per heavy atom. The lowest BCUT2D eigenvalue weighted by Gasteiger charge is -1.57. The first kappa shape index (κ1) is 9.01. The normalized spacial score (nSPS) is 6.90. The Bertz CT molecular complexity index is 160. The molecule has 1 heterocycles. The highest BCUT2D eigenvalue weighted by Crippen LogP contribution is 1.91. The van der Waals surface area contributed by atoms with Crippen LogP contribution in [0.2, 0.25) is 0 Å². The molecule has 0 aliphatic carbocycles. The minimum Gasteiger partial charge on any atom is -0.152 e. The van der Waals surface area contributed by atoms with Gasteiger partial charge < -0.3 is 0 Å². The molecule has 0 radical (unpaired) electrons. The van der Waals surface area contributed by atoms with Crippen molar-refractivity contribution in [3.05, 3.63) is 33.3 Å². The SMILES string of the molecule is CCN=[N+]=[N-].c1ccsc1. The van der Waals surface area contributed by atoms with Gasteiger partial charge in [-0.1, -0.05) is 24.2 Å². The van der Waals surface area contributed by atoms with Crippen LogP contribution in [-0.4, -0.2) is 6.54 Å². The van der Waals surface area contributed by atoms with Crippen LogP contribution < -0.4 is 0 Å². The molecular weight excluding hydrogens is 146 g/mol. The van der Waals surface area contributed by atoms with Crippen molar-refractivity contribution in [3.63, 3.8) is 0 Å². The maximum atomic E-state index is 7.52. The molecule has 0 N–H and O–H groups in total. The van der Waals surface area contributed by atoms with Gasteiger partial charge >= 0.3 is 0 Å². The lowest BCUT2D eigenvalue weighted by Crippen LogP contribution is -1.52. The Balaban J connectivity index is 0.000000162. The first-order valence-corrected chi connectivity index (χ1v) is 3.84. The van der Waals surface area contributed by atoms with Gasteiger partial charge in [-0.05, 0) is 16.3 Å². The minimum absolute atomic E-state index is 0.552. The minimum atomic E-state index is 0.552. The van der Waals surface area contributed by atoms with Crippen molar-refractivity contribution in [1.82, 2.24) is 0 Å². The van der Waals surface area contributed by atoms with E-state index in [1.165, 1.54) is 0 Å². The molecule has 3 nitrogen and oxygen atoms in total. The van der Waals surface area contributed by atoms with Crippen LogP contribution >= 0.6 is 11.3 Å². The van der Waals surface area contributed by atoms with Crippen LogP contribution in [0.5, 0.6) is 0 Å². The van der Waals surface area contributed by atoms with Gasteiger partial charge in [0.2, 0.25) is 0 Å². The number of hydrogen-bond acceptors (Lipinski definition) is 2. The zero-order chi connectivity index (χ0) is 7.66. The summed E-state index contributed by atoms with van der Waals surface area (Å²) in [4.78, 5) is 2.48. The van der Waals surface area contributed by atoms with Gasteiger partial charge in [0.05, 0.1) is 0 Å². The van der Waals surface area contributed by atoms with Crippen molar-refractivity contribution < 1.29 is 0 Å². The van der Waals surface area contributed by atoms with Gasteiger partial charge in [0.1, 0.15) is 0 Å². The van der Waals surface area contributed by atoms with Crippen LogP contribution in [0.4, 0.5) is 0 Å². The summed E-state index contributed by atoms with van der Waals surface area (Å²) >= 11 is 1.71. The van der Waals surface area contributed by atoms with Gasteiger partial charge in [0.25, 0.3) is 0 Å². The molecular formula is C6H9N3S. The van der Waals surface area contributed by atoms with Crippen molar-refractivity contribution in [1.29, 1.82) is 0 Å². The van der Waals surface area contributed by atoms with E-state index in [0.717, 1.165) is 0 Å². The third-order valence-electron chi connectivity index (χ3n) is 0.630. The average Bonchev–Trinajstić information content (AvgIpc) is 2.44. The van der Waals surface area contributed by atoms with Gasteiger partial charge in [-0.2, -0.15) is 11.3 Å². The van der Waals surface area contributed by atoms with Gasteiger partial charge in [-0.25, -0.2) is 0 Å². The second-order valence-electron chi connectivity index (χ2n) is 1.34. The summed E-state index contributed by atoms with van der Waals surface area (Å²) in [7, 11) is 0. The largest absolute Gasteiger partial charge is 0.152 e. The quantitative estimate of drug-likeness (QED) is 0.340. The highest BCUT2D eigenvalue weighted by molar-refractivity contribution is 7.07. The summed E-state index contributed by atoms with van der Waals surface area (Å²) in [5.74, 6) is 0. The molecule has 0 aromatic carbocycles. The summed E-state index contributed by atoms with van der Waals surface area (Å²) in [6.45, 7) is 2.34. The zero-order valence-electron chi connectivity index (χ0n) is 5.77. The Kier molecular flexibility index (Phi) is 7.22. The molecule has 0 bridgehead atoms. The van der Waals surface area contributed by atoms with Crippen molar-refractivity contribution in [3.8, 4) is 0 Å². The first-order chi connectivity index (χ1) is 4.91. The fourth-order valence-electron chi connectivity index (χ4n) is 0.290. The van der Waals surface area contributed by atoms with Gasteiger partial charge in [-0.3, -0.25) is 0 Å². The van der Waals surface area contributed by atoms with Gasteiger partial charge in [-0.15, -0.1) is 0 Å². The van der Waals surface area contributed by atoms with E-state index in [-0.39, 0.29) is 0 Å². The van der Waals surface area contributed by atoms with E-state index in [1.54, 1.807) is 18.3 Å². The van der Waals surface area contributed by atoms with Crippen molar-refractivity contribution in [2.45, 2.75) is 6.92 Å². The lowest BCUT2D eigenvalue weighted by molar-refractivity contribution is 1.11. The highest BCUT2D eigenvalue weighted by atomic mass is 32.1. The average molecular weight is 155 g/mol. The lowest BCUT2D eigenvalue weighted by atomic mass is 10.7. The molecule has 0 unspecified atom stereocenters. The standard InChI is InChI=1S/C4H4S.C2H5N3/c1-2-4-5-3-1;1-2-4-5-3/h1-4H;2H2,1H3. The van der Waals surface area contributed by atoms with Crippen LogP contribution in [0.15, 0.2) is 28.0 Å². The molecule has 4 heteroatoms. The monoisotopic (exact) mass is 155 g/mol. The van der Waals surface area contributed by atoms with Crippen LogP contribution in [0.3, 0.4) is 0 Å². The summed E-state index contributed by atoms with van der Waals surface area (Å²) in [6.07, 6.45) is 0. The maximum absolute atomic E-state index is 7.52. The summed E-state index contributed by atoms with van der Waals surface area (Å²) in [5.41, 5.74) is 7.52. The summed E-state index contributed by atoms with van der Waals surface area (Å²) < 4.78 is 0. The molecule has 54 valence electrons. The zero-order valence-corrected chi connectivity index (χ0v) is 6.58. The van der Waals surface area contributed by atoms with E-state index in [1.807, 2.05) is 22.9 Å². The predicted molar refractivity (Wildman–Crippen MR) is 44.0 cm³/mol. The molecule has 1 aromatic heterocycles. The smallest absolute Gasteiger partial charge is 0.0229 e. The molecule has 1 rings (SSSR count). The van der Waals surface area contributed by atoms with Gasteiger partial charge in [0.15, 0.2) is 0 Å². The molecule has 0 amide bonds. The van der Waals surface area contributed by atoms with E-state index < -0.39 is 0 Å². The molecule has 0 saturated heterocycles. The highest BCUT2D eigenvalue weighted by Gasteiger charge is 1.58. The number of rotatable bonds is 1. The second kappa shape index (κ2) is 8.01.